The van der Waals surface area contributed by atoms with E-state index in [-0.39, 0.29) is 12.6 Å². The molecule has 0 aliphatic carbocycles. The Hall–Kier alpha value is -3.49. The predicted octanol–water partition coefficient (Wildman–Crippen LogP) is 5.53. The fourth-order valence-corrected chi connectivity index (χ4v) is 5.16. The quantitative estimate of drug-likeness (QED) is 0.386. The maximum Gasteiger partial charge on any atom is 0.319 e. The highest BCUT2D eigenvalue weighted by atomic mass is 35.5. The van der Waals surface area contributed by atoms with Crippen LogP contribution in [-0.4, -0.2) is 26.5 Å². The van der Waals surface area contributed by atoms with Crippen LogP contribution in [0.5, 0.6) is 0 Å². The molecule has 9 heteroatoms. The van der Waals surface area contributed by atoms with Crippen LogP contribution < -0.4 is 10.6 Å². The molecule has 1 aliphatic heterocycles. The second-order valence-corrected chi connectivity index (χ2v) is 9.55. The summed E-state index contributed by atoms with van der Waals surface area (Å²) < 4.78 is 2.03. The van der Waals surface area contributed by atoms with Crippen LogP contribution in [0, 0.1) is 6.92 Å². The number of aliphatic imine (C=N–C) groups is 1. The molecule has 0 fully saturated rings. The van der Waals surface area contributed by atoms with Gasteiger partial charge in [-0.25, -0.2) is 4.79 Å². The summed E-state index contributed by atoms with van der Waals surface area (Å²) in [7, 11) is 0. The molecule has 2 aromatic heterocycles. The number of hydrogen-bond acceptors (Lipinski definition) is 5. The van der Waals surface area contributed by atoms with Crippen LogP contribution in [0.25, 0.3) is 5.00 Å². The average Bonchev–Trinajstić information content (AvgIpc) is 3.39. The largest absolute Gasteiger partial charge is 0.331 e. The number of aromatic nitrogens is 3. The van der Waals surface area contributed by atoms with Gasteiger partial charge in [-0.05, 0) is 49.2 Å². The van der Waals surface area contributed by atoms with Crippen molar-refractivity contribution in [2.45, 2.75) is 33.4 Å². The van der Waals surface area contributed by atoms with E-state index in [0.717, 1.165) is 45.3 Å². The first-order valence-electron chi connectivity index (χ1n) is 11.0. The average molecular weight is 491 g/mol. The summed E-state index contributed by atoms with van der Waals surface area (Å²) in [6, 6.07) is 17.3. The van der Waals surface area contributed by atoms with Crippen LogP contribution >= 0.6 is 22.9 Å². The van der Waals surface area contributed by atoms with Crippen molar-refractivity contribution < 1.29 is 4.79 Å². The molecule has 0 atom stereocenters. The number of nitrogens with one attached hydrogen (secondary N) is 2. The number of carbonyl (C=O) groups excluding carboxylic acids is 1. The van der Waals surface area contributed by atoms with E-state index >= 15 is 0 Å². The van der Waals surface area contributed by atoms with Crippen molar-refractivity contribution in [2.24, 2.45) is 4.99 Å². The first kappa shape index (κ1) is 22.3. The Morgan fingerprint density at radius 2 is 1.97 bits per heavy atom. The molecule has 0 bridgehead atoms. The van der Waals surface area contributed by atoms with E-state index in [0.29, 0.717) is 17.4 Å². The molecule has 7 nitrogen and oxygen atoms in total. The van der Waals surface area contributed by atoms with E-state index < -0.39 is 0 Å². The normalized spacial score (nSPS) is 12.4. The number of hydrogen-bond donors (Lipinski definition) is 2. The zero-order valence-corrected chi connectivity index (χ0v) is 20.4. The van der Waals surface area contributed by atoms with Gasteiger partial charge in [0.25, 0.3) is 0 Å². The Labute approximate surface area is 206 Å². The van der Waals surface area contributed by atoms with Gasteiger partial charge in [-0.15, -0.1) is 21.5 Å². The lowest BCUT2D eigenvalue weighted by atomic mass is 10.0. The predicted molar refractivity (Wildman–Crippen MR) is 136 cm³/mol. The second-order valence-electron chi connectivity index (χ2n) is 8.00. The standard InChI is InChI=1S/C25H23ClN6OS/c1-3-19-12-20-23(16-7-9-17(26)10-8-16)27-13-21-30-31-22(32(21)24(20)34-19)14-28-25(33)29-18-6-4-5-15(2)11-18/h4-12H,3,13-14H2,1-2H3,(H2,28,29,33). The van der Waals surface area contributed by atoms with Crippen molar-refractivity contribution in [3.8, 4) is 5.00 Å². The third-order valence-electron chi connectivity index (χ3n) is 5.55. The smallest absolute Gasteiger partial charge is 0.319 e. The van der Waals surface area contributed by atoms with E-state index in [4.69, 9.17) is 16.6 Å². The van der Waals surface area contributed by atoms with Crippen molar-refractivity contribution >= 4 is 40.4 Å². The lowest BCUT2D eigenvalue weighted by molar-refractivity contribution is 0.251. The topological polar surface area (TPSA) is 84.2 Å². The molecule has 3 heterocycles. The SMILES string of the molecule is CCc1cc2c(s1)-n1c(nnc1CNC(=O)Nc1cccc(C)c1)CN=C2c1ccc(Cl)cc1. The number of urea groups is 1. The molecule has 172 valence electrons. The highest BCUT2D eigenvalue weighted by molar-refractivity contribution is 7.15. The van der Waals surface area contributed by atoms with E-state index in [1.54, 1.807) is 11.3 Å². The number of rotatable bonds is 5. The molecule has 2 N–H and O–H groups in total. The van der Waals surface area contributed by atoms with Crippen molar-refractivity contribution in [1.82, 2.24) is 20.1 Å². The summed E-state index contributed by atoms with van der Waals surface area (Å²) in [4.78, 5) is 18.6. The molecular weight excluding hydrogens is 468 g/mol. The Balaban J connectivity index is 1.43. The van der Waals surface area contributed by atoms with Crippen molar-refractivity contribution in [1.29, 1.82) is 0 Å². The minimum Gasteiger partial charge on any atom is -0.331 e. The number of amides is 2. The van der Waals surface area contributed by atoms with Crippen molar-refractivity contribution in [3.05, 3.63) is 92.8 Å². The summed E-state index contributed by atoms with van der Waals surface area (Å²) in [5.41, 5.74) is 4.76. The lowest BCUT2D eigenvalue weighted by Gasteiger charge is -2.11. The molecule has 0 spiro atoms. The summed E-state index contributed by atoms with van der Waals surface area (Å²) >= 11 is 7.80. The zero-order valence-electron chi connectivity index (χ0n) is 18.8. The highest BCUT2D eigenvalue weighted by Gasteiger charge is 2.25. The molecule has 0 radical (unpaired) electrons. The molecule has 5 rings (SSSR count). The van der Waals surface area contributed by atoms with Gasteiger partial charge in [-0.1, -0.05) is 42.8 Å². The molecular formula is C25H23ClN6OS. The van der Waals surface area contributed by atoms with Crippen LogP contribution in [0.15, 0.2) is 59.6 Å². The van der Waals surface area contributed by atoms with Crippen molar-refractivity contribution in [2.75, 3.05) is 5.32 Å². The number of aryl methyl sites for hydroxylation is 2. The van der Waals surface area contributed by atoms with Crippen LogP contribution in [0.4, 0.5) is 10.5 Å². The number of anilines is 1. The van der Waals surface area contributed by atoms with E-state index in [9.17, 15) is 4.79 Å². The Bertz CT molecular complexity index is 1390. The van der Waals surface area contributed by atoms with Crippen LogP contribution in [0.3, 0.4) is 0 Å². The third-order valence-corrected chi connectivity index (χ3v) is 7.06. The molecule has 34 heavy (non-hydrogen) atoms. The molecule has 2 amide bonds. The van der Waals surface area contributed by atoms with Gasteiger partial charge in [0, 0.05) is 26.7 Å². The maximum absolute atomic E-state index is 12.5. The molecule has 0 saturated carbocycles. The van der Waals surface area contributed by atoms with Crippen molar-refractivity contribution in [3.63, 3.8) is 0 Å². The first-order valence-corrected chi connectivity index (χ1v) is 12.2. The van der Waals surface area contributed by atoms with Crippen LogP contribution in [-0.2, 0) is 19.5 Å². The van der Waals surface area contributed by atoms with Crippen LogP contribution in [0.2, 0.25) is 5.02 Å². The molecule has 0 unspecified atom stereocenters. The fraction of sp³-hybridized carbons (Fsp3) is 0.200. The summed E-state index contributed by atoms with van der Waals surface area (Å²) in [5, 5.41) is 16.2. The van der Waals surface area contributed by atoms with E-state index in [1.807, 2.05) is 60.0 Å². The lowest BCUT2D eigenvalue weighted by Crippen LogP contribution is -2.29. The van der Waals surface area contributed by atoms with E-state index in [2.05, 4.69) is 33.8 Å². The second kappa shape index (κ2) is 9.40. The fourth-order valence-electron chi connectivity index (χ4n) is 3.89. The molecule has 2 aromatic carbocycles. The Morgan fingerprint density at radius 1 is 1.15 bits per heavy atom. The highest BCUT2D eigenvalue weighted by Crippen LogP contribution is 2.33. The van der Waals surface area contributed by atoms with Gasteiger partial charge in [0.1, 0.15) is 11.5 Å². The minimum absolute atomic E-state index is 0.236. The number of carbonyl (C=O) groups is 1. The van der Waals surface area contributed by atoms with Gasteiger partial charge < -0.3 is 10.6 Å². The summed E-state index contributed by atoms with van der Waals surface area (Å²) in [6.45, 7) is 4.75. The number of fused-ring (bicyclic) bond motifs is 3. The monoisotopic (exact) mass is 490 g/mol. The molecule has 4 aromatic rings. The third kappa shape index (κ3) is 4.47. The number of benzene rings is 2. The minimum atomic E-state index is -0.296. The van der Waals surface area contributed by atoms with E-state index in [1.165, 1.54) is 4.88 Å². The summed E-state index contributed by atoms with van der Waals surface area (Å²) in [5.74, 6) is 1.40. The number of thiophene rings is 1. The van der Waals surface area contributed by atoms with Gasteiger partial charge >= 0.3 is 6.03 Å². The van der Waals surface area contributed by atoms with Gasteiger partial charge in [0.15, 0.2) is 11.6 Å². The number of halogens is 1. The number of nitrogens with zero attached hydrogens (tertiary/aromatic N) is 4. The maximum atomic E-state index is 12.5. The molecule has 1 aliphatic rings. The van der Waals surface area contributed by atoms with Gasteiger partial charge in [-0.2, -0.15) is 0 Å². The van der Waals surface area contributed by atoms with Gasteiger partial charge in [0.2, 0.25) is 0 Å². The van der Waals surface area contributed by atoms with Gasteiger partial charge in [-0.3, -0.25) is 9.56 Å². The first-order chi connectivity index (χ1) is 16.5. The Kier molecular flexibility index (Phi) is 6.17. The molecule has 0 saturated heterocycles. The van der Waals surface area contributed by atoms with Gasteiger partial charge in [0.05, 0.1) is 12.3 Å². The Morgan fingerprint density at radius 3 is 2.74 bits per heavy atom. The van der Waals surface area contributed by atoms with Crippen LogP contribution in [0.1, 0.15) is 40.1 Å². The zero-order chi connectivity index (χ0) is 23.7. The summed E-state index contributed by atoms with van der Waals surface area (Å²) in [6.07, 6.45) is 0.912.